The van der Waals surface area contributed by atoms with Crippen molar-refractivity contribution in [1.29, 1.82) is 0 Å². The van der Waals surface area contributed by atoms with Crippen molar-refractivity contribution in [2.24, 2.45) is 0 Å². The zero-order chi connectivity index (χ0) is 20.4. The van der Waals surface area contributed by atoms with E-state index < -0.39 is 0 Å². The molecular weight excluding hydrogens is 352 g/mol. The van der Waals surface area contributed by atoms with Gasteiger partial charge in [-0.15, -0.1) is 0 Å². The molecule has 0 N–H and O–H groups in total. The number of ether oxygens (including phenoxy) is 2. The molecule has 0 aromatic heterocycles. The van der Waals surface area contributed by atoms with Crippen LogP contribution in [0.25, 0.3) is 5.57 Å². The third kappa shape index (κ3) is 7.64. The van der Waals surface area contributed by atoms with E-state index in [1.54, 1.807) is 0 Å². The summed E-state index contributed by atoms with van der Waals surface area (Å²) in [4.78, 5) is 16.6. The molecule has 156 valence electrons. The Morgan fingerprint density at radius 2 is 1.93 bits per heavy atom. The summed E-state index contributed by atoms with van der Waals surface area (Å²) >= 11 is 0. The van der Waals surface area contributed by atoms with E-state index in [-0.39, 0.29) is 12.8 Å². The molecule has 0 spiro atoms. The average molecular weight is 389 g/mol. The van der Waals surface area contributed by atoms with Crippen molar-refractivity contribution in [1.82, 2.24) is 9.80 Å². The Morgan fingerprint density at radius 3 is 2.64 bits per heavy atom. The van der Waals surface area contributed by atoms with E-state index >= 15 is 0 Å². The van der Waals surface area contributed by atoms with Crippen LogP contribution in [-0.2, 0) is 9.53 Å². The fourth-order valence-corrected chi connectivity index (χ4v) is 3.56. The summed E-state index contributed by atoms with van der Waals surface area (Å²) in [6.07, 6.45) is 6.03. The van der Waals surface area contributed by atoms with E-state index in [4.69, 9.17) is 9.47 Å². The predicted octanol–water partition coefficient (Wildman–Crippen LogP) is 4.11. The van der Waals surface area contributed by atoms with E-state index in [0.29, 0.717) is 6.42 Å². The predicted molar refractivity (Wildman–Crippen MR) is 114 cm³/mol. The maximum Gasteiger partial charge on any atom is 0.308 e. The molecule has 5 heteroatoms. The number of rotatable bonds is 11. The molecule has 0 radical (unpaired) electrons. The lowest BCUT2D eigenvalue weighted by atomic mass is 9.98. The van der Waals surface area contributed by atoms with Crippen LogP contribution in [0.15, 0.2) is 24.8 Å². The van der Waals surface area contributed by atoms with Crippen LogP contribution in [0.1, 0.15) is 49.7 Å². The van der Waals surface area contributed by atoms with Crippen LogP contribution >= 0.6 is 0 Å². The maximum atomic E-state index is 12.0. The van der Waals surface area contributed by atoms with Gasteiger partial charge in [-0.2, -0.15) is 0 Å². The Labute approximate surface area is 170 Å². The first-order chi connectivity index (χ1) is 13.5. The molecule has 0 saturated carbocycles. The van der Waals surface area contributed by atoms with Crippen molar-refractivity contribution < 1.29 is 14.3 Å². The summed E-state index contributed by atoms with van der Waals surface area (Å²) in [7, 11) is 4.10. The average Bonchev–Trinajstić information content (AvgIpc) is 2.67. The molecule has 28 heavy (non-hydrogen) atoms. The van der Waals surface area contributed by atoms with Crippen molar-refractivity contribution >= 4 is 11.5 Å². The van der Waals surface area contributed by atoms with E-state index in [0.717, 1.165) is 61.5 Å². The second-order valence-corrected chi connectivity index (χ2v) is 7.89. The van der Waals surface area contributed by atoms with Gasteiger partial charge in [0.1, 0.15) is 5.75 Å². The number of carbonyl (C=O) groups is 1. The number of benzene rings is 1. The number of esters is 1. The summed E-state index contributed by atoms with van der Waals surface area (Å²) in [6, 6.07) is 5.91. The van der Waals surface area contributed by atoms with Crippen molar-refractivity contribution in [3.8, 4) is 5.75 Å². The molecule has 1 fully saturated rings. The SMILES string of the molecule is C=C(CCN(C)C)c1c(C)cccc1OCOC(=O)CCCN1CCCCC1. The highest BCUT2D eigenvalue weighted by Crippen LogP contribution is 2.30. The zero-order valence-corrected chi connectivity index (χ0v) is 17.8. The Morgan fingerprint density at radius 1 is 1.18 bits per heavy atom. The molecule has 0 atom stereocenters. The second kappa shape index (κ2) is 11.9. The van der Waals surface area contributed by atoms with Gasteiger partial charge < -0.3 is 19.3 Å². The number of hydrogen-bond acceptors (Lipinski definition) is 5. The van der Waals surface area contributed by atoms with Crippen molar-refractivity contribution in [2.45, 2.75) is 45.4 Å². The van der Waals surface area contributed by atoms with E-state index in [1.165, 1.54) is 19.3 Å². The summed E-state index contributed by atoms with van der Waals surface area (Å²) in [5.74, 6) is 0.530. The number of nitrogens with zero attached hydrogens (tertiary/aromatic N) is 2. The van der Waals surface area contributed by atoms with Gasteiger partial charge in [0.05, 0.1) is 0 Å². The third-order valence-corrected chi connectivity index (χ3v) is 5.19. The lowest BCUT2D eigenvalue weighted by molar-refractivity contribution is -0.150. The first-order valence-electron chi connectivity index (χ1n) is 10.4. The number of carbonyl (C=O) groups excluding carboxylic acids is 1. The van der Waals surface area contributed by atoms with Gasteiger partial charge in [0.15, 0.2) is 0 Å². The second-order valence-electron chi connectivity index (χ2n) is 7.89. The number of likely N-dealkylation sites (tertiary alicyclic amines) is 1. The molecular formula is C23H36N2O3. The summed E-state index contributed by atoms with van der Waals surface area (Å²) in [5.41, 5.74) is 3.18. The van der Waals surface area contributed by atoms with E-state index in [2.05, 4.69) is 29.4 Å². The lowest BCUT2D eigenvalue weighted by Gasteiger charge is -2.26. The molecule has 1 aromatic carbocycles. The minimum absolute atomic E-state index is 0.0556. The number of piperidine rings is 1. The molecule has 0 unspecified atom stereocenters. The topological polar surface area (TPSA) is 42.0 Å². The fraction of sp³-hybridized carbons (Fsp3) is 0.609. The highest BCUT2D eigenvalue weighted by Gasteiger charge is 2.13. The van der Waals surface area contributed by atoms with Gasteiger partial charge in [-0.25, -0.2) is 0 Å². The molecule has 2 rings (SSSR count). The maximum absolute atomic E-state index is 12.0. The summed E-state index contributed by atoms with van der Waals surface area (Å²) in [6.45, 7) is 10.4. The standard InChI is InChI=1S/C23H36N2O3/c1-19-10-8-11-21(23(19)20(2)13-17-24(3)4)27-18-28-22(26)12-9-16-25-14-6-5-7-15-25/h8,10-11H,2,5-7,9,12-18H2,1,3-4H3. The highest BCUT2D eigenvalue weighted by molar-refractivity contribution is 5.72. The van der Waals surface area contributed by atoms with Gasteiger partial charge in [-0.3, -0.25) is 4.79 Å². The van der Waals surface area contributed by atoms with Crippen molar-refractivity contribution in [3.05, 3.63) is 35.9 Å². The summed E-state index contributed by atoms with van der Waals surface area (Å²) in [5, 5.41) is 0. The third-order valence-electron chi connectivity index (χ3n) is 5.19. The van der Waals surface area contributed by atoms with Crippen molar-refractivity contribution in [3.63, 3.8) is 0 Å². The molecule has 1 heterocycles. The molecule has 1 aliphatic rings. The van der Waals surface area contributed by atoms with Crippen LogP contribution in [0.4, 0.5) is 0 Å². The molecule has 0 bridgehead atoms. The highest BCUT2D eigenvalue weighted by atomic mass is 16.7. The van der Waals surface area contributed by atoms with E-state index in [1.807, 2.05) is 26.2 Å². The van der Waals surface area contributed by atoms with Crippen molar-refractivity contribution in [2.75, 3.05) is 47.1 Å². The van der Waals surface area contributed by atoms with Gasteiger partial charge in [-0.1, -0.05) is 25.1 Å². The summed E-state index contributed by atoms with van der Waals surface area (Å²) < 4.78 is 11.1. The smallest absolute Gasteiger partial charge is 0.308 e. The zero-order valence-electron chi connectivity index (χ0n) is 17.8. The largest absolute Gasteiger partial charge is 0.457 e. The number of hydrogen-bond donors (Lipinski definition) is 0. The normalized spacial score (nSPS) is 14.9. The Bertz CT molecular complexity index is 637. The quantitative estimate of drug-likeness (QED) is 0.422. The Kier molecular flexibility index (Phi) is 9.51. The first-order valence-corrected chi connectivity index (χ1v) is 10.4. The minimum Gasteiger partial charge on any atom is -0.457 e. The molecule has 0 amide bonds. The van der Waals surface area contributed by atoms with Crippen LogP contribution < -0.4 is 4.74 Å². The van der Waals surface area contributed by atoms with Crippen LogP contribution in [0.5, 0.6) is 5.75 Å². The lowest BCUT2D eigenvalue weighted by Crippen LogP contribution is -2.30. The monoisotopic (exact) mass is 388 g/mol. The van der Waals surface area contributed by atoms with E-state index in [9.17, 15) is 4.79 Å². The van der Waals surface area contributed by atoms with Gasteiger partial charge in [0.2, 0.25) is 6.79 Å². The molecule has 5 nitrogen and oxygen atoms in total. The van der Waals surface area contributed by atoms with Crippen LogP contribution in [-0.4, -0.2) is 62.8 Å². The molecule has 1 aliphatic heterocycles. The van der Waals surface area contributed by atoms with Crippen LogP contribution in [0.3, 0.4) is 0 Å². The molecule has 0 aliphatic carbocycles. The van der Waals surface area contributed by atoms with Crippen LogP contribution in [0, 0.1) is 6.92 Å². The minimum atomic E-state index is -0.197. The van der Waals surface area contributed by atoms with Gasteiger partial charge in [0.25, 0.3) is 0 Å². The van der Waals surface area contributed by atoms with Gasteiger partial charge in [-0.05, 0) is 83.5 Å². The fourth-order valence-electron chi connectivity index (χ4n) is 3.56. The molecule has 1 aromatic rings. The molecule has 1 saturated heterocycles. The first kappa shape index (κ1) is 22.4. The van der Waals surface area contributed by atoms with Gasteiger partial charge >= 0.3 is 5.97 Å². The van der Waals surface area contributed by atoms with Crippen LogP contribution in [0.2, 0.25) is 0 Å². The number of aryl methyl sites for hydroxylation is 1. The van der Waals surface area contributed by atoms with Gasteiger partial charge in [0, 0.05) is 18.5 Å². The Hall–Kier alpha value is -1.85. The Balaban J connectivity index is 1.76.